The summed E-state index contributed by atoms with van der Waals surface area (Å²) in [6.07, 6.45) is 0.847. The molecule has 74 valence electrons. The smallest absolute Gasteiger partial charge is 0.0624 e. The molecule has 0 fully saturated rings. The fraction of sp³-hybridized carbons (Fsp3) is 0.333. The van der Waals surface area contributed by atoms with Crippen molar-refractivity contribution in [3.8, 4) is 11.8 Å². The van der Waals surface area contributed by atoms with Crippen LogP contribution in [0.5, 0.6) is 0 Å². The van der Waals surface area contributed by atoms with Crippen LogP contribution in [0, 0.1) is 17.8 Å². The molecule has 14 heavy (non-hydrogen) atoms. The number of hydrogen-bond acceptors (Lipinski definition) is 0. The van der Waals surface area contributed by atoms with E-state index in [2.05, 4.69) is 18.8 Å². The van der Waals surface area contributed by atoms with Gasteiger partial charge < -0.3 is 0 Å². The Kier molecular flexibility index (Phi) is 4.32. The zero-order chi connectivity index (χ0) is 10.6. The second-order valence-corrected chi connectivity index (χ2v) is 4.00. The Balaban J connectivity index is 2.85. The third-order valence-corrected chi connectivity index (χ3v) is 2.81. The van der Waals surface area contributed by atoms with Gasteiger partial charge in [0, 0.05) is 5.92 Å². The highest BCUT2D eigenvalue weighted by atomic mass is 35.5. The minimum absolute atomic E-state index is 0.316. The highest BCUT2D eigenvalue weighted by molar-refractivity contribution is 6.42. The molecule has 1 rings (SSSR count). The van der Waals surface area contributed by atoms with Crippen LogP contribution < -0.4 is 0 Å². The molecule has 0 saturated carbocycles. The van der Waals surface area contributed by atoms with E-state index in [4.69, 9.17) is 23.2 Å². The average Bonchev–Trinajstić information content (AvgIpc) is 2.13. The van der Waals surface area contributed by atoms with Crippen LogP contribution in [0.15, 0.2) is 18.2 Å². The Labute approximate surface area is 95.2 Å². The van der Waals surface area contributed by atoms with Crippen LogP contribution in [0.25, 0.3) is 0 Å². The molecular formula is C12H12Cl2. The van der Waals surface area contributed by atoms with Crippen molar-refractivity contribution in [3.05, 3.63) is 33.8 Å². The average molecular weight is 227 g/mol. The summed E-state index contributed by atoms with van der Waals surface area (Å²) in [5.41, 5.74) is 1.06. The quantitative estimate of drug-likeness (QED) is 0.664. The van der Waals surface area contributed by atoms with E-state index in [0.717, 1.165) is 12.0 Å². The predicted octanol–water partition coefficient (Wildman–Crippen LogP) is 4.20. The third-order valence-electron chi connectivity index (χ3n) is 1.95. The van der Waals surface area contributed by atoms with Gasteiger partial charge in [0.1, 0.15) is 0 Å². The summed E-state index contributed by atoms with van der Waals surface area (Å²) in [4.78, 5) is 0. The lowest BCUT2D eigenvalue weighted by atomic mass is 10.0. The molecule has 0 radical (unpaired) electrons. The molecular weight excluding hydrogens is 215 g/mol. The maximum atomic E-state index is 6.06. The fourth-order valence-corrected chi connectivity index (χ4v) is 1.73. The number of hydrogen-bond donors (Lipinski definition) is 0. The molecule has 0 N–H and O–H groups in total. The molecule has 0 saturated heterocycles. The van der Waals surface area contributed by atoms with Crippen molar-refractivity contribution < 1.29 is 0 Å². The Morgan fingerprint density at radius 3 is 2.71 bits per heavy atom. The molecule has 1 atom stereocenters. The molecule has 0 bridgehead atoms. The van der Waals surface area contributed by atoms with E-state index < -0.39 is 0 Å². The lowest BCUT2D eigenvalue weighted by Gasteiger charge is -2.07. The SMILES string of the molecule is CC#CC(C)Cc1cccc(Cl)c1Cl. The standard InChI is InChI=1S/C12H12Cl2/c1-3-5-9(2)8-10-6-4-7-11(13)12(10)14/h4,6-7,9H,8H2,1-2H3. The highest BCUT2D eigenvalue weighted by Gasteiger charge is 2.06. The van der Waals surface area contributed by atoms with Gasteiger partial charge in [0.15, 0.2) is 0 Å². The molecule has 0 aromatic heterocycles. The van der Waals surface area contributed by atoms with Gasteiger partial charge in [-0.05, 0) is 25.0 Å². The first-order chi connectivity index (χ1) is 6.65. The molecule has 0 amide bonds. The monoisotopic (exact) mass is 226 g/mol. The predicted molar refractivity (Wildman–Crippen MR) is 62.8 cm³/mol. The maximum absolute atomic E-state index is 6.06. The van der Waals surface area contributed by atoms with Crippen molar-refractivity contribution in [2.45, 2.75) is 20.3 Å². The first-order valence-electron chi connectivity index (χ1n) is 4.50. The van der Waals surface area contributed by atoms with Crippen LogP contribution >= 0.6 is 23.2 Å². The minimum atomic E-state index is 0.316. The van der Waals surface area contributed by atoms with Crippen molar-refractivity contribution in [1.29, 1.82) is 0 Å². The molecule has 1 aromatic carbocycles. The molecule has 0 spiro atoms. The van der Waals surface area contributed by atoms with Gasteiger partial charge in [-0.25, -0.2) is 0 Å². The second-order valence-electron chi connectivity index (χ2n) is 3.21. The van der Waals surface area contributed by atoms with Gasteiger partial charge in [-0.3, -0.25) is 0 Å². The number of benzene rings is 1. The molecule has 0 nitrogen and oxygen atoms in total. The number of rotatable bonds is 2. The van der Waals surface area contributed by atoms with E-state index >= 15 is 0 Å². The van der Waals surface area contributed by atoms with Gasteiger partial charge in [-0.15, -0.1) is 11.8 Å². The summed E-state index contributed by atoms with van der Waals surface area (Å²) < 4.78 is 0. The molecule has 0 aliphatic rings. The van der Waals surface area contributed by atoms with Crippen molar-refractivity contribution in [1.82, 2.24) is 0 Å². The van der Waals surface area contributed by atoms with Crippen molar-refractivity contribution >= 4 is 23.2 Å². The summed E-state index contributed by atoms with van der Waals surface area (Å²) in [6, 6.07) is 5.70. The summed E-state index contributed by atoms with van der Waals surface area (Å²) in [6.45, 7) is 3.92. The van der Waals surface area contributed by atoms with E-state index in [1.165, 1.54) is 0 Å². The summed E-state index contributed by atoms with van der Waals surface area (Å²) in [5, 5.41) is 1.26. The van der Waals surface area contributed by atoms with Crippen LogP contribution in [0.4, 0.5) is 0 Å². The van der Waals surface area contributed by atoms with Crippen LogP contribution in [0.2, 0.25) is 10.0 Å². The summed E-state index contributed by atoms with van der Waals surface area (Å²) in [5.74, 6) is 6.30. The largest absolute Gasteiger partial charge is 0.106 e. The first kappa shape index (κ1) is 11.4. The van der Waals surface area contributed by atoms with Gasteiger partial charge in [0.25, 0.3) is 0 Å². The fourth-order valence-electron chi connectivity index (χ4n) is 1.33. The molecule has 0 aliphatic heterocycles. The van der Waals surface area contributed by atoms with E-state index in [1.807, 2.05) is 19.1 Å². The first-order valence-corrected chi connectivity index (χ1v) is 5.26. The van der Waals surface area contributed by atoms with Crippen LogP contribution in [0.1, 0.15) is 19.4 Å². The van der Waals surface area contributed by atoms with Crippen molar-refractivity contribution in [3.63, 3.8) is 0 Å². The zero-order valence-corrected chi connectivity index (χ0v) is 9.78. The lowest BCUT2D eigenvalue weighted by molar-refractivity contribution is 0.750. The zero-order valence-electron chi connectivity index (χ0n) is 8.27. The Bertz CT molecular complexity index is 372. The summed E-state index contributed by atoms with van der Waals surface area (Å²) in [7, 11) is 0. The highest BCUT2D eigenvalue weighted by Crippen LogP contribution is 2.27. The maximum Gasteiger partial charge on any atom is 0.0624 e. The third kappa shape index (κ3) is 2.94. The second kappa shape index (κ2) is 5.29. The Morgan fingerprint density at radius 2 is 2.07 bits per heavy atom. The van der Waals surface area contributed by atoms with Crippen molar-refractivity contribution in [2.75, 3.05) is 0 Å². The van der Waals surface area contributed by atoms with Gasteiger partial charge in [-0.1, -0.05) is 42.3 Å². The van der Waals surface area contributed by atoms with E-state index in [0.29, 0.717) is 16.0 Å². The molecule has 0 aliphatic carbocycles. The normalized spacial score (nSPS) is 11.7. The topological polar surface area (TPSA) is 0 Å². The van der Waals surface area contributed by atoms with E-state index in [1.54, 1.807) is 6.07 Å². The molecule has 1 unspecified atom stereocenters. The number of halogens is 2. The van der Waals surface area contributed by atoms with Crippen molar-refractivity contribution in [2.24, 2.45) is 5.92 Å². The van der Waals surface area contributed by atoms with Crippen LogP contribution in [-0.2, 0) is 6.42 Å². The Hall–Kier alpha value is -0.640. The van der Waals surface area contributed by atoms with Crippen LogP contribution in [0.3, 0.4) is 0 Å². The molecule has 2 heteroatoms. The van der Waals surface area contributed by atoms with Gasteiger partial charge in [0.05, 0.1) is 10.0 Å². The van der Waals surface area contributed by atoms with Crippen LogP contribution in [-0.4, -0.2) is 0 Å². The Morgan fingerprint density at radius 1 is 1.36 bits per heavy atom. The van der Waals surface area contributed by atoms with Gasteiger partial charge in [0.2, 0.25) is 0 Å². The minimum Gasteiger partial charge on any atom is -0.106 e. The van der Waals surface area contributed by atoms with E-state index in [9.17, 15) is 0 Å². The van der Waals surface area contributed by atoms with Gasteiger partial charge >= 0.3 is 0 Å². The lowest BCUT2D eigenvalue weighted by Crippen LogP contribution is -1.97. The van der Waals surface area contributed by atoms with Gasteiger partial charge in [-0.2, -0.15) is 0 Å². The van der Waals surface area contributed by atoms with E-state index in [-0.39, 0.29) is 0 Å². The molecule has 1 aromatic rings. The summed E-state index contributed by atoms with van der Waals surface area (Å²) >= 11 is 12.0. The molecule has 0 heterocycles.